The van der Waals surface area contributed by atoms with Crippen LogP contribution < -0.4 is 5.32 Å². The Bertz CT molecular complexity index is 966. The molecule has 0 amide bonds. The molecule has 1 aliphatic rings. The van der Waals surface area contributed by atoms with Gasteiger partial charge in [-0.25, -0.2) is 19.3 Å². The summed E-state index contributed by atoms with van der Waals surface area (Å²) >= 11 is 0. The Balaban J connectivity index is 1.63. The number of ether oxygens (including phenoxy) is 1. The van der Waals surface area contributed by atoms with Crippen LogP contribution in [0, 0.1) is 5.82 Å². The Kier molecular flexibility index (Phi) is 4.94. The van der Waals surface area contributed by atoms with Crippen LogP contribution in [0.5, 0.6) is 0 Å². The summed E-state index contributed by atoms with van der Waals surface area (Å²) < 4.78 is 20.2. The number of anilines is 1. The van der Waals surface area contributed by atoms with Crippen molar-refractivity contribution in [2.24, 2.45) is 0 Å². The van der Waals surface area contributed by atoms with E-state index in [1.807, 2.05) is 6.92 Å². The number of aliphatic hydroxyl groups is 3. The first-order valence-corrected chi connectivity index (χ1v) is 8.81. The van der Waals surface area contributed by atoms with Crippen molar-refractivity contribution in [2.45, 2.75) is 37.5 Å². The summed E-state index contributed by atoms with van der Waals surface area (Å²) in [5, 5.41) is 32.7. The highest BCUT2D eigenvalue weighted by Crippen LogP contribution is 2.32. The minimum atomic E-state index is -1.24. The normalized spacial score (nSPS) is 25.9. The second-order valence-electron chi connectivity index (χ2n) is 6.69. The maximum Gasteiger partial charge on any atom is 0.167 e. The topological polar surface area (TPSA) is 126 Å². The molecule has 10 heteroatoms. The molecule has 0 aliphatic carbocycles. The van der Waals surface area contributed by atoms with Gasteiger partial charge < -0.3 is 25.4 Å². The van der Waals surface area contributed by atoms with Crippen LogP contribution in [0.1, 0.15) is 24.8 Å². The predicted octanol–water partition coefficient (Wildman–Crippen LogP) is 0.750. The SMILES string of the molecule is C[C@H](Nc1ncnc2c1ncn2[C@@H]1O[C@H](CO)[C@H](O)C1O)c1ccc(F)cc1. The van der Waals surface area contributed by atoms with Crippen LogP contribution in [0.2, 0.25) is 0 Å². The van der Waals surface area contributed by atoms with E-state index in [0.29, 0.717) is 17.0 Å². The maximum absolute atomic E-state index is 13.1. The van der Waals surface area contributed by atoms with Crippen molar-refractivity contribution < 1.29 is 24.4 Å². The summed E-state index contributed by atoms with van der Waals surface area (Å²) in [7, 11) is 0. The van der Waals surface area contributed by atoms with Crippen LogP contribution >= 0.6 is 0 Å². The number of nitrogens with zero attached hydrogens (tertiary/aromatic N) is 4. The fraction of sp³-hybridized carbons (Fsp3) is 0.389. The molecule has 3 aromatic rings. The largest absolute Gasteiger partial charge is 0.394 e. The second-order valence-corrected chi connectivity index (χ2v) is 6.69. The van der Waals surface area contributed by atoms with E-state index in [2.05, 4.69) is 20.3 Å². The van der Waals surface area contributed by atoms with E-state index >= 15 is 0 Å². The third-order valence-electron chi connectivity index (χ3n) is 4.87. The van der Waals surface area contributed by atoms with Crippen LogP contribution in [0.4, 0.5) is 10.2 Å². The number of nitrogens with one attached hydrogen (secondary N) is 1. The fourth-order valence-corrected chi connectivity index (χ4v) is 3.29. The molecule has 9 nitrogen and oxygen atoms in total. The quantitative estimate of drug-likeness (QED) is 0.504. The van der Waals surface area contributed by atoms with Gasteiger partial charge in [0.25, 0.3) is 0 Å². The van der Waals surface area contributed by atoms with E-state index in [4.69, 9.17) is 4.74 Å². The molecule has 0 radical (unpaired) electrons. The highest BCUT2D eigenvalue weighted by Gasteiger charge is 2.44. The molecule has 4 N–H and O–H groups in total. The van der Waals surface area contributed by atoms with Crippen LogP contribution in [0.15, 0.2) is 36.9 Å². The van der Waals surface area contributed by atoms with Crippen molar-refractivity contribution in [3.8, 4) is 0 Å². The molecule has 5 atom stereocenters. The number of aromatic nitrogens is 4. The zero-order chi connectivity index (χ0) is 19.8. The molecule has 0 spiro atoms. The lowest BCUT2D eigenvalue weighted by molar-refractivity contribution is -0.0511. The average Bonchev–Trinajstić information content (AvgIpc) is 3.24. The summed E-state index contributed by atoms with van der Waals surface area (Å²) in [5.74, 6) is 0.157. The van der Waals surface area contributed by atoms with E-state index in [0.717, 1.165) is 5.56 Å². The van der Waals surface area contributed by atoms with Crippen molar-refractivity contribution in [3.05, 3.63) is 48.3 Å². The molecule has 1 aromatic carbocycles. The number of aliphatic hydroxyl groups excluding tert-OH is 3. The average molecular weight is 389 g/mol. The summed E-state index contributed by atoms with van der Waals surface area (Å²) in [6, 6.07) is 5.98. The molecule has 1 unspecified atom stereocenters. The highest BCUT2D eigenvalue weighted by molar-refractivity contribution is 5.82. The smallest absolute Gasteiger partial charge is 0.167 e. The van der Waals surface area contributed by atoms with Gasteiger partial charge in [-0.3, -0.25) is 4.57 Å². The number of benzene rings is 1. The minimum absolute atomic E-state index is 0.169. The Hall–Kier alpha value is -2.66. The number of hydrogen-bond acceptors (Lipinski definition) is 8. The van der Waals surface area contributed by atoms with Crippen LogP contribution in [-0.2, 0) is 4.74 Å². The molecular weight excluding hydrogens is 369 g/mol. The second kappa shape index (κ2) is 7.40. The molecule has 148 valence electrons. The van der Waals surface area contributed by atoms with E-state index < -0.39 is 31.1 Å². The number of fused-ring (bicyclic) bond motifs is 1. The standard InChI is InChI=1S/C18H20FN5O4/c1-9(10-2-4-11(19)5-3-10)23-16-13-17(21-7-20-16)24(8-22-13)18-15(27)14(26)12(6-25)28-18/h2-5,7-9,12,14-15,18,25-27H,6H2,1H3,(H,20,21,23)/t9-,12+,14-,15?,18+/m0/s1. The zero-order valence-electron chi connectivity index (χ0n) is 15.0. The first-order valence-electron chi connectivity index (χ1n) is 8.81. The van der Waals surface area contributed by atoms with E-state index in [1.54, 1.807) is 12.1 Å². The van der Waals surface area contributed by atoms with Gasteiger partial charge in [-0.1, -0.05) is 12.1 Å². The van der Waals surface area contributed by atoms with Crippen LogP contribution in [0.25, 0.3) is 11.2 Å². The first kappa shape index (κ1) is 18.7. The molecular formula is C18H20FN5O4. The summed E-state index contributed by atoms with van der Waals surface area (Å²) in [5.41, 5.74) is 1.73. The molecule has 28 heavy (non-hydrogen) atoms. The Morgan fingerprint density at radius 3 is 2.61 bits per heavy atom. The van der Waals surface area contributed by atoms with E-state index in [1.165, 1.54) is 29.4 Å². The monoisotopic (exact) mass is 389 g/mol. The van der Waals surface area contributed by atoms with E-state index in [-0.39, 0.29) is 11.9 Å². The van der Waals surface area contributed by atoms with Crippen molar-refractivity contribution in [3.63, 3.8) is 0 Å². The van der Waals surface area contributed by atoms with E-state index in [9.17, 15) is 19.7 Å². The van der Waals surface area contributed by atoms with Gasteiger partial charge in [-0.2, -0.15) is 0 Å². The Morgan fingerprint density at radius 1 is 1.18 bits per heavy atom. The lowest BCUT2D eigenvalue weighted by Gasteiger charge is -2.17. The van der Waals surface area contributed by atoms with Crippen molar-refractivity contribution in [2.75, 3.05) is 11.9 Å². The molecule has 4 rings (SSSR count). The van der Waals surface area contributed by atoms with Crippen molar-refractivity contribution >= 4 is 17.0 Å². The molecule has 1 saturated heterocycles. The summed E-state index contributed by atoms with van der Waals surface area (Å²) in [6.07, 6.45) is -1.50. The molecule has 2 aromatic heterocycles. The maximum atomic E-state index is 13.1. The molecule has 1 aliphatic heterocycles. The first-order chi connectivity index (χ1) is 13.5. The molecule has 3 heterocycles. The third-order valence-corrected chi connectivity index (χ3v) is 4.87. The Labute approximate surface area is 159 Å². The minimum Gasteiger partial charge on any atom is -0.394 e. The van der Waals surface area contributed by atoms with Gasteiger partial charge in [0, 0.05) is 0 Å². The molecule has 0 saturated carbocycles. The van der Waals surface area contributed by atoms with Crippen LogP contribution in [-0.4, -0.2) is 59.8 Å². The number of rotatable bonds is 5. The van der Waals surface area contributed by atoms with Gasteiger partial charge >= 0.3 is 0 Å². The lowest BCUT2D eigenvalue weighted by atomic mass is 10.1. The number of hydrogen-bond donors (Lipinski definition) is 4. The zero-order valence-corrected chi connectivity index (χ0v) is 15.0. The lowest BCUT2D eigenvalue weighted by Crippen LogP contribution is -2.33. The predicted molar refractivity (Wildman–Crippen MR) is 96.8 cm³/mol. The van der Waals surface area contributed by atoms with Gasteiger partial charge in [0.15, 0.2) is 23.2 Å². The van der Waals surface area contributed by atoms with Gasteiger partial charge in [0.05, 0.1) is 19.0 Å². The van der Waals surface area contributed by atoms with Crippen molar-refractivity contribution in [1.29, 1.82) is 0 Å². The summed E-state index contributed by atoms with van der Waals surface area (Å²) in [4.78, 5) is 12.8. The van der Waals surface area contributed by atoms with Gasteiger partial charge in [0.2, 0.25) is 0 Å². The third kappa shape index (κ3) is 3.20. The molecule has 0 bridgehead atoms. The van der Waals surface area contributed by atoms with Crippen LogP contribution in [0.3, 0.4) is 0 Å². The number of imidazole rings is 1. The Morgan fingerprint density at radius 2 is 1.93 bits per heavy atom. The van der Waals surface area contributed by atoms with Crippen molar-refractivity contribution in [1.82, 2.24) is 19.5 Å². The van der Waals surface area contributed by atoms with Gasteiger partial charge in [-0.15, -0.1) is 0 Å². The fourth-order valence-electron chi connectivity index (χ4n) is 3.29. The molecule has 1 fully saturated rings. The van der Waals surface area contributed by atoms with Gasteiger partial charge in [-0.05, 0) is 24.6 Å². The summed E-state index contributed by atoms with van der Waals surface area (Å²) in [6.45, 7) is 1.49. The number of halogens is 1. The highest BCUT2D eigenvalue weighted by atomic mass is 19.1. The van der Waals surface area contributed by atoms with Gasteiger partial charge in [0.1, 0.15) is 30.5 Å².